The highest BCUT2D eigenvalue weighted by atomic mass is 32.2. The lowest BCUT2D eigenvalue weighted by molar-refractivity contribution is -0.130. The quantitative estimate of drug-likeness (QED) is 0.706. The summed E-state index contributed by atoms with van der Waals surface area (Å²) < 4.78 is 0. The molecule has 0 aromatic rings. The van der Waals surface area contributed by atoms with Gasteiger partial charge < -0.3 is 0 Å². The third kappa shape index (κ3) is 1.08. The first-order valence-corrected chi connectivity index (χ1v) is 8.19. The van der Waals surface area contributed by atoms with E-state index >= 15 is 0 Å². The topological polar surface area (TPSA) is 17.1 Å². The molecule has 4 aliphatic rings. The zero-order valence-electron chi connectivity index (χ0n) is 10.9. The van der Waals surface area contributed by atoms with Gasteiger partial charge in [0.25, 0.3) is 0 Å². The normalized spacial score (nSPS) is 54.8. The maximum absolute atomic E-state index is 12.6. The standard InChI is InChI=1S/C15H22OS/c1-14(2)10-5-6-15(14,12(16)8-10)13-9-3-4-11(7-9)17-13/h9-11,13H,3-8H2,1-2H3. The van der Waals surface area contributed by atoms with Gasteiger partial charge in [-0.1, -0.05) is 13.8 Å². The van der Waals surface area contributed by atoms with Crippen molar-refractivity contribution in [3.63, 3.8) is 0 Å². The Kier molecular flexibility index (Phi) is 2.00. The fraction of sp³-hybridized carbons (Fsp3) is 0.933. The van der Waals surface area contributed by atoms with Crippen molar-refractivity contribution in [2.24, 2.45) is 22.7 Å². The highest BCUT2D eigenvalue weighted by Crippen LogP contribution is 2.71. The molecule has 0 aromatic heterocycles. The zero-order chi connectivity index (χ0) is 11.8. The molecular formula is C15H22OS. The third-order valence-corrected chi connectivity index (χ3v) is 8.56. The van der Waals surface area contributed by atoms with Gasteiger partial charge in [-0.05, 0) is 49.4 Å². The molecule has 1 aliphatic heterocycles. The Bertz CT molecular complexity index is 388. The summed E-state index contributed by atoms with van der Waals surface area (Å²) in [6.07, 6.45) is 7.63. The molecule has 17 heavy (non-hydrogen) atoms. The highest BCUT2D eigenvalue weighted by Gasteiger charge is 2.69. The molecule has 3 aliphatic carbocycles. The third-order valence-electron chi connectivity index (χ3n) is 6.66. The van der Waals surface area contributed by atoms with Crippen molar-refractivity contribution in [3.05, 3.63) is 0 Å². The summed E-state index contributed by atoms with van der Waals surface area (Å²) in [6.45, 7) is 4.78. The van der Waals surface area contributed by atoms with Crippen LogP contribution in [-0.4, -0.2) is 16.3 Å². The van der Waals surface area contributed by atoms with Crippen molar-refractivity contribution in [2.75, 3.05) is 0 Å². The largest absolute Gasteiger partial charge is 0.299 e. The van der Waals surface area contributed by atoms with E-state index < -0.39 is 0 Å². The van der Waals surface area contributed by atoms with Gasteiger partial charge in [0.15, 0.2) is 0 Å². The number of thioether (sulfide) groups is 1. The van der Waals surface area contributed by atoms with Gasteiger partial charge in [0, 0.05) is 22.3 Å². The molecule has 0 amide bonds. The minimum absolute atomic E-state index is 0.0716. The Hall–Kier alpha value is 0.0200. The van der Waals surface area contributed by atoms with E-state index in [-0.39, 0.29) is 10.8 Å². The Morgan fingerprint density at radius 3 is 2.53 bits per heavy atom. The number of carbonyl (C=O) groups is 1. The van der Waals surface area contributed by atoms with Gasteiger partial charge in [0.05, 0.1) is 0 Å². The molecule has 94 valence electrons. The summed E-state index contributed by atoms with van der Waals surface area (Å²) in [5.41, 5.74) is 0.356. The van der Waals surface area contributed by atoms with Crippen molar-refractivity contribution in [2.45, 2.75) is 62.9 Å². The van der Waals surface area contributed by atoms with Crippen molar-refractivity contribution in [1.29, 1.82) is 0 Å². The van der Waals surface area contributed by atoms with Crippen LogP contribution in [0.2, 0.25) is 0 Å². The summed E-state index contributed by atoms with van der Waals surface area (Å²) in [5, 5.41) is 1.57. The predicted molar refractivity (Wildman–Crippen MR) is 71.1 cm³/mol. The average Bonchev–Trinajstić information content (AvgIpc) is 2.98. The van der Waals surface area contributed by atoms with Crippen LogP contribution >= 0.6 is 11.8 Å². The van der Waals surface area contributed by atoms with Crippen LogP contribution in [-0.2, 0) is 4.79 Å². The van der Waals surface area contributed by atoms with E-state index in [1.165, 1.54) is 32.1 Å². The lowest BCUT2D eigenvalue weighted by Gasteiger charge is -2.44. The molecule has 4 rings (SSSR count). The van der Waals surface area contributed by atoms with Gasteiger partial charge in [-0.3, -0.25) is 4.79 Å². The smallest absolute Gasteiger partial charge is 0.140 e. The maximum Gasteiger partial charge on any atom is 0.140 e. The fourth-order valence-corrected chi connectivity index (χ4v) is 7.89. The first kappa shape index (κ1) is 10.9. The van der Waals surface area contributed by atoms with Gasteiger partial charge in [-0.15, -0.1) is 0 Å². The van der Waals surface area contributed by atoms with E-state index in [1.54, 1.807) is 0 Å². The van der Waals surface area contributed by atoms with E-state index in [0.29, 0.717) is 17.0 Å². The second-order valence-corrected chi connectivity index (χ2v) is 8.75. The van der Waals surface area contributed by atoms with Gasteiger partial charge >= 0.3 is 0 Å². The Balaban J connectivity index is 1.78. The number of ketones is 1. The molecule has 1 heterocycles. The molecule has 1 nitrogen and oxygen atoms in total. The molecule has 0 aromatic carbocycles. The van der Waals surface area contributed by atoms with Crippen LogP contribution in [0.5, 0.6) is 0 Å². The second kappa shape index (κ2) is 3.12. The van der Waals surface area contributed by atoms with Gasteiger partial charge in [-0.2, -0.15) is 11.8 Å². The minimum atomic E-state index is 0.0716. The molecule has 5 unspecified atom stereocenters. The molecular weight excluding hydrogens is 228 g/mol. The molecule has 0 spiro atoms. The molecule has 2 heteroatoms. The first-order chi connectivity index (χ1) is 8.05. The molecule has 4 fully saturated rings. The lowest BCUT2D eigenvalue weighted by atomic mass is 9.64. The molecule has 3 saturated carbocycles. The number of hydrogen-bond donors (Lipinski definition) is 0. The van der Waals surface area contributed by atoms with E-state index in [4.69, 9.17) is 0 Å². The molecule has 0 radical (unpaired) electrons. The van der Waals surface area contributed by atoms with Crippen LogP contribution in [0.15, 0.2) is 0 Å². The maximum atomic E-state index is 12.6. The summed E-state index contributed by atoms with van der Waals surface area (Å²) in [6, 6.07) is 0. The van der Waals surface area contributed by atoms with Crippen LogP contribution in [0, 0.1) is 22.7 Å². The summed E-state index contributed by atoms with van der Waals surface area (Å²) in [4.78, 5) is 12.6. The van der Waals surface area contributed by atoms with Crippen LogP contribution in [0.4, 0.5) is 0 Å². The van der Waals surface area contributed by atoms with Gasteiger partial charge in [-0.25, -0.2) is 0 Å². The summed E-state index contributed by atoms with van der Waals surface area (Å²) >= 11 is 2.19. The monoisotopic (exact) mass is 250 g/mol. The Morgan fingerprint density at radius 2 is 2.06 bits per heavy atom. The summed E-state index contributed by atoms with van der Waals surface area (Å²) in [5.74, 6) is 2.18. The van der Waals surface area contributed by atoms with E-state index in [2.05, 4.69) is 25.6 Å². The van der Waals surface area contributed by atoms with E-state index in [1.807, 2.05) is 0 Å². The van der Waals surface area contributed by atoms with Crippen molar-refractivity contribution >= 4 is 17.5 Å². The highest BCUT2D eigenvalue weighted by molar-refractivity contribution is 8.00. The van der Waals surface area contributed by atoms with Crippen molar-refractivity contribution < 1.29 is 4.79 Å². The first-order valence-electron chi connectivity index (χ1n) is 7.24. The molecule has 0 N–H and O–H groups in total. The SMILES string of the molecule is CC1(C)C2CCC1(C1SC3CCC1C3)C(=O)C2. The molecule has 5 atom stereocenters. The van der Waals surface area contributed by atoms with Gasteiger partial charge in [0.2, 0.25) is 0 Å². The Morgan fingerprint density at radius 1 is 1.24 bits per heavy atom. The minimum Gasteiger partial charge on any atom is -0.299 e. The Labute approximate surface area is 108 Å². The van der Waals surface area contributed by atoms with Crippen LogP contribution in [0.3, 0.4) is 0 Å². The van der Waals surface area contributed by atoms with Crippen molar-refractivity contribution in [3.8, 4) is 0 Å². The van der Waals surface area contributed by atoms with E-state index in [0.717, 1.165) is 17.6 Å². The summed E-state index contributed by atoms with van der Waals surface area (Å²) in [7, 11) is 0. The second-order valence-electron chi connectivity index (χ2n) is 7.31. The number of carbonyl (C=O) groups excluding carboxylic acids is 1. The predicted octanol–water partition coefficient (Wildman–Crippen LogP) is 3.67. The van der Waals surface area contributed by atoms with Crippen LogP contribution < -0.4 is 0 Å². The van der Waals surface area contributed by atoms with Crippen LogP contribution in [0.25, 0.3) is 0 Å². The van der Waals surface area contributed by atoms with Crippen molar-refractivity contribution in [1.82, 2.24) is 0 Å². The van der Waals surface area contributed by atoms with Crippen LogP contribution in [0.1, 0.15) is 52.4 Å². The molecule has 1 saturated heterocycles. The fourth-order valence-electron chi connectivity index (χ4n) is 5.59. The number of hydrogen-bond acceptors (Lipinski definition) is 2. The number of Topliss-reactive ketones (excluding diaryl/α,β-unsaturated/α-hetero) is 1. The van der Waals surface area contributed by atoms with E-state index in [9.17, 15) is 4.79 Å². The average molecular weight is 250 g/mol. The molecule has 4 bridgehead atoms. The number of fused-ring (bicyclic) bond motifs is 4. The van der Waals surface area contributed by atoms with Gasteiger partial charge in [0.1, 0.15) is 5.78 Å². The number of rotatable bonds is 1. The zero-order valence-corrected chi connectivity index (χ0v) is 11.7. The lowest BCUT2D eigenvalue weighted by Crippen LogP contribution is -2.47.